The normalized spacial score (nSPS) is 14.0. The lowest BCUT2D eigenvalue weighted by molar-refractivity contribution is 0.0687. The highest BCUT2D eigenvalue weighted by molar-refractivity contribution is 7.10. The first kappa shape index (κ1) is 13.9. The fourth-order valence-corrected chi connectivity index (χ4v) is 3.45. The van der Waals surface area contributed by atoms with E-state index < -0.39 is 5.97 Å². The van der Waals surface area contributed by atoms with Crippen LogP contribution < -0.4 is 0 Å². The van der Waals surface area contributed by atoms with E-state index in [9.17, 15) is 9.59 Å². The molecule has 5 nitrogen and oxygen atoms in total. The first-order valence-corrected chi connectivity index (χ1v) is 7.68. The summed E-state index contributed by atoms with van der Waals surface area (Å²) in [5.41, 5.74) is 1.24. The highest BCUT2D eigenvalue weighted by atomic mass is 32.1. The lowest BCUT2D eigenvalue weighted by Crippen LogP contribution is -2.35. The summed E-state index contributed by atoms with van der Waals surface area (Å²) >= 11 is 1.71. The van der Waals surface area contributed by atoms with Crippen LogP contribution in [0.15, 0.2) is 21.9 Å². The minimum absolute atomic E-state index is 0.0779. The molecule has 6 heteroatoms. The van der Waals surface area contributed by atoms with Crippen LogP contribution in [0.3, 0.4) is 0 Å². The fourth-order valence-electron chi connectivity index (χ4n) is 2.56. The van der Waals surface area contributed by atoms with Crippen molar-refractivity contribution < 1.29 is 19.1 Å². The van der Waals surface area contributed by atoms with Gasteiger partial charge in [-0.1, -0.05) is 6.92 Å². The average molecular weight is 305 g/mol. The largest absolute Gasteiger partial charge is 0.478 e. The van der Waals surface area contributed by atoms with Gasteiger partial charge in [0.05, 0.1) is 0 Å². The number of thiophene rings is 1. The van der Waals surface area contributed by atoms with Crippen LogP contribution in [0.1, 0.15) is 44.0 Å². The first-order valence-electron chi connectivity index (χ1n) is 6.80. The van der Waals surface area contributed by atoms with E-state index in [-0.39, 0.29) is 17.2 Å². The van der Waals surface area contributed by atoms with Crippen molar-refractivity contribution in [1.82, 2.24) is 4.90 Å². The number of fused-ring (bicyclic) bond motifs is 1. The molecule has 0 spiro atoms. The Morgan fingerprint density at radius 1 is 1.48 bits per heavy atom. The van der Waals surface area contributed by atoms with Gasteiger partial charge in [-0.3, -0.25) is 4.79 Å². The molecule has 1 aliphatic rings. The van der Waals surface area contributed by atoms with E-state index in [4.69, 9.17) is 9.52 Å². The van der Waals surface area contributed by atoms with Gasteiger partial charge in [-0.15, -0.1) is 11.3 Å². The quantitative estimate of drug-likeness (QED) is 0.946. The standard InChI is InChI=1S/C15H15NO4S/c1-2-11-10(15(18)19)7-12(20-11)14(17)16-5-3-13-9(8-16)4-6-21-13/h4,6-7H,2-3,5,8H2,1H3,(H,18,19). The zero-order chi connectivity index (χ0) is 15.0. The summed E-state index contributed by atoms with van der Waals surface area (Å²) in [6, 6.07) is 3.37. The molecule has 0 fully saturated rings. The van der Waals surface area contributed by atoms with Crippen LogP contribution in [0.25, 0.3) is 0 Å². The van der Waals surface area contributed by atoms with Crippen molar-refractivity contribution in [3.8, 4) is 0 Å². The highest BCUT2D eigenvalue weighted by Crippen LogP contribution is 2.26. The monoisotopic (exact) mass is 305 g/mol. The van der Waals surface area contributed by atoms with Gasteiger partial charge in [0, 0.05) is 30.5 Å². The Morgan fingerprint density at radius 3 is 2.95 bits per heavy atom. The van der Waals surface area contributed by atoms with Gasteiger partial charge in [0.2, 0.25) is 0 Å². The third kappa shape index (κ3) is 2.47. The second-order valence-corrected chi connectivity index (χ2v) is 5.95. The van der Waals surface area contributed by atoms with Gasteiger partial charge in [-0.2, -0.15) is 0 Å². The zero-order valence-electron chi connectivity index (χ0n) is 11.6. The maximum Gasteiger partial charge on any atom is 0.339 e. The van der Waals surface area contributed by atoms with Gasteiger partial charge in [0.1, 0.15) is 11.3 Å². The highest BCUT2D eigenvalue weighted by Gasteiger charge is 2.27. The van der Waals surface area contributed by atoms with Gasteiger partial charge in [0.25, 0.3) is 5.91 Å². The van der Waals surface area contributed by atoms with Crippen molar-refractivity contribution in [3.63, 3.8) is 0 Å². The summed E-state index contributed by atoms with van der Waals surface area (Å²) < 4.78 is 5.44. The van der Waals surface area contributed by atoms with Crippen LogP contribution >= 0.6 is 11.3 Å². The number of rotatable bonds is 3. The molecule has 2 aromatic rings. The second-order valence-electron chi connectivity index (χ2n) is 4.95. The minimum Gasteiger partial charge on any atom is -0.478 e. The number of furan rings is 1. The molecule has 0 atom stereocenters. The van der Waals surface area contributed by atoms with Crippen molar-refractivity contribution in [3.05, 3.63) is 45.0 Å². The summed E-state index contributed by atoms with van der Waals surface area (Å²) in [7, 11) is 0. The number of aromatic carboxylic acids is 1. The molecular formula is C15H15NO4S. The molecule has 0 aromatic carbocycles. The maximum absolute atomic E-state index is 12.5. The molecule has 1 N–H and O–H groups in total. The molecule has 0 radical (unpaired) electrons. The number of aryl methyl sites for hydroxylation is 1. The maximum atomic E-state index is 12.5. The SMILES string of the molecule is CCc1oc(C(=O)N2CCc3sccc3C2)cc1C(=O)O. The Balaban J connectivity index is 1.85. The molecule has 0 saturated carbocycles. The van der Waals surface area contributed by atoms with Gasteiger partial charge in [0.15, 0.2) is 5.76 Å². The van der Waals surface area contributed by atoms with Crippen LogP contribution in [-0.4, -0.2) is 28.4 Å². The number of amides is 1. The molecule has 0 unspecified atom stereocenters. The summed E-state index contributed by atoms with van der Waals surface area (Å²) in [6.07, 6.45) is 1.29. The lowest BCUT2D eigenvalue weighted by atomic mass is 10.1. The molecule has 110 valence electrons. The van der Waals surface area contributed by atoms with E-state index in [1.54, 1.807) is 23.2 Å². The lowest BCUT2D eigenvalue weighted by Gasteiger charge is -2.26. The van der Waals surface area contributed by atoms with E-state index in [1.165, 1.54) is 16.5 Å². The van der Waals surface area contributed by atoms with Crippen molar-refractivity contribution in [2.75, 3.05) is 6.54 Å². The van der Waals surface area contributed by atoms with Crippen LogP contribution in [0.4, 0.5) is 0 Å². The zero-order valence-corrected chi connectivity index (χ0v) is 12.4. The Labute approximate surface area is 125 Å². The molecule has 0 bridgehead atoms. The predicted octanol–water partition coefficient (Wildman–Crippen LogP) is 2.80. The third-order valence-electron chi connectivity index (χ3n) is 3.67. The molecule has 0 aliphatic carbocycles. The van der Waals surface area contributed by atoms with Crippen LogP contribution in [-0.2, 0) is 19.4 Å². The topological polar surface area (TPSA) is 70.8 Å². The third-order valence-corrected chi connectivity index (χ3v) is 4.69. The summed E-state index contributed by atoms with van der Waals surface area (Å²) in [5.74, 6) is -0.843. The van der Waals surface area contributed by atoms with Gasteiger partial charge in [-0.05, 0) is 23.4 Å². The van der Waals surface area contributed by atoms with Crippen molar-refractivity contribution in [1.29, 1.82) is 0 Å². The van der Waals surface area contributed by atoms with Crippen LogP contribution in [0.5, 0.6) is 0 Å². The number of hydrogen-bond donors (Lipinski definition) is 1. The van der Waals surface area contributed by atoms with Crippen molar-refractivity contribution in [2.24, 2.45) is 0 Å². The molecular weight excluding hydrogens is 290 g/mol. The van der Waals surface area contributed by atoms with Gasteiger partial charge in [-0.25, -0.2) is 4.79 Å². The predicted molar refractivity (Wildman–Crippen MR) is 77.8 cm³/mol. The van der Waals surface area contributed by atoms with E-state index >= 15 is 0 Å². The van der Waals surface area contributed by atoms with E-state index in [0.717, 1.165) is 6.42 Å². The molecule has 2 aromatic heterocycles. The van der Waals surface area contributed by atoms with Crippen LogP contribution in [0, 0.1) is 0 Å². The number of carboxylic acids is 1. The van der Waals surface area contributed by atoms with E-state index in [0.29, 0.717) is 25.3 Å². The van der Waals surface area contributed by atoms with Crippen molar-refractivity contribution in [2.45, 2.75) is 26.3 Å². The Hall–Kier alpha value is -2.08. The second kappa shape index (κ2) is 5.37. The Morgan fingerprint density at radius 2 is 2.29 bits per heavy atom. The smallest absolute Gasteiger partial charge is 0.339 e. The van der Waals surface area contributed by atoms with E-state index in [2.05, 4.69) is 0 Å². The van der Waals surface area contributed by atoms with Gasteiger partial charge >= 0.3 is 5.97 Å². The van der Waals surface area contributed by atoms with Crippen molar-refractivity contribution >= 4 is 23.2 Å². The number of hydrogen-bond acceptors (Lipinski definition) is 4. The number of carbonyl (C=O) groups is 2. The molecule has 21 heavy (non-hydrogen) atoms. The summed E-state index contributed by atoms with van der Waals surface area (Å²) in [6.45, 7) is 3.00. The molecule has 0 saturated heterocycles. The summed E-state index contributed by atoms with van der Waals surface area (Å²) in [4.78, 5) is 26.6. The first-order chi connectivity index (χ1) is 10.1. The number of carbonyl (C=O) groups excluding carboxylic acids is 1. The number of carboxylic acid groups (broad SMARTS) is 1. The molecule has 3 rings (SSSR count). The Bertz CT molecular complexity index is 700. The molecule has 1 amide bonds. The Kier molecular flexibility index (Phi) is 3.55. The minimum atomic E-state index is -1.06. The van der Waals surface area contributed by atoms with Crippen LogP contribution in [0.2, 0.25) is 0 Å². The molecule has 1 aliphatic heterocycles. The van der Waals surface area contributed by atoms with Gasteiger partial charge < -0.3 is 14.4 Å². The average Bonchev–Trinajstić information content (AvgIpc) is 3.11. The number of nitrogens with zero attached hydrogens (tertiary/aromatic N) is 1. The molecule has 3 heterocycles. The summed E-state index contributed by atoms with van der Waals surface area (Å²) in [5, 5.41) is 11.2. The fraction of sp³-hybridized carbons (Fsp3) is 0.333. The van der Waals surface area contributed by atoms with E-state index in [1.807, 2.05) is 11.4 Å².